The van der Waals surface area contributed by atoms with Crippen LogP contribution in [-0.2, 0) is 0 Å². The lowest BCUT2D eigenvalue weighted by atomic mass is 9.90. The quantitative estimate of drug-likeness (QED) is 0.564. The van der Waals surface area contributed by atoms with Gasteiger partial charge in [-0.3, -0.25) is 0 Å². The van der Waals surface area contributed by atoms with Crippen LogP contribution >= 0.6 is 0 Å². The summed E-state index contributed by atoms with van der Waals surface area (Å²) in [6, 6.07) is 0. The standard InChI is InChI=1S/C11H18/c1-9(2)8-11-6-4-10(3)5-7-11/h4-6,9,11H,7-8H2,1-3H3. The zero-order chi connectivity index (χ0) is 8.27. The molecule has 0 nitrogen and oxygen atoms in total. The van der Waals surface area contributed by atoms with E-state index in [-0.39, 0.29) is 0 Å². The Hall–Kier alpha value is -0.520. The molecule has 0 aliphatic heterocycles. The summed E-state index contributed by atoms with van der Waals surface area (Å²) in [7, 11) is 0. The van der Waals surface area contributed by atoms with Gasteiger partial charge in [0.05, 0.1) is 0 Å². The van der Waals surface area contributed by atoms with Crippen molar-refractivity contribution in [2.45, 2.75) is 33.6 Å². The molecule has 0 saturated heterocycles. The van der Waals surface area contributed by atoms with Crippen molar-refractivity contribution >= 4 is 0 Å². The zero-order valence-electron chi connectivity index (χ0n) is 7.80. The lowest BCUT2D eigenvalue weighted by Crippen LogP contribution is -2.02. The van der Waals surface area contributed by atoms with E-state index in [2.05, 4.69) is 39.0 Å². The molecule has 0 amide bonds. The molecule has 1 unspecified atom stereocenters. The summed E-state index contributed by atoms with van der Waals surface area (Å²) in [5.74, 6) is 1.63. The second kappa shape index (κ2) is 3.75. The molecule has 0 radical (unpaired) electrons. The molecule has 0 heteroatoms. The van der Waals surface area contributed by atoms with Crippen molar-refractivity contribution < 1.29 is 0 Å². The topological polar surface area (TPSA) is 0 Å². The fraction of sp³-hybridized carbons (Fsp3) is 0.636. The first-order valence-electron chi connectivity index (χ1n) is 4.53. The van der Waals surface area contributed by atoms with Gasteiger partial charge < -0.3 is 0 Å². The van der Waals surface area contributed by atoms with E-state index in [1.165, 1.54) is 18.4 Å². The van der Waals surface area contributed by atoms with Crippen molar-refractivity contribution in [3.8, 4) is 0 Å². The fourth-order valence-corrected chi connectivity index (χ4v) is 1.55. The van der Waals surface area contributed by atoms with Gasteiger partial charge >= 0.3 is 0 Å². The van der Waals surface area contributed by atoms with Gasteiger partial charge in [0.2, 0.25) is 0 Å². The van der Waals surface area contributed by atoms with Crippen molar-refractivity contribution in [1.29, 1.82) is 0 Å². The number of hydrogen-bond acceptors (Lipinski definition) is 0. The summed E-state index contributed by atoms with van der Waals surface area (Å²) >= 11 is 0. The summed E-state index contributed by atoms with van der Waals surface area (Å²) in [5.41, 5.74) is 1.42. The van der Waals surface area contributed by atoms with E-state index in [0.717, 1.165) is 11.8 Å². The van der Waals surface area contributed by atoms with E-state index in [9.17, 15) is 0 Å². The van der Waals surface area contributed by atoms with Crippen LogP contribution in [0.25, 0.3) is 0 Å². The van der Waals surface area contributed by atoms with Gasteiger partial charge in [-0.05, 0) is 31.6 Å². The first-order chi connectivity index (χ1) is 5.18. The smallest absolute Gasteiger partial charge is 0.0193 e. The summed E-state index contributed by atoms with van der Waals surface area (Å²) < 4.78 is 0. The van der Waals surface area contributed by atoms with Gasteiger partial charge in [-0.15, -0.1) is 0 Å². The van der Waals surface area contributed by atoms with Gasteiger partial charge in [-0.2, -0.15) is 0 Å². The molecule has 1 aliphatic rings. The molecule has 0 saturated carbocycles. The summed E-state index contributed by atoms with van der Waals surface area (Å²) in [6.07, 6.45) is 9.53. The highest BCUT2D eigenvalue weighted by Crippen LogP contribution is 2.22. The van der Waals surface area contributed by atoms with E-state index in [1.807, 2.05) is 0 Å². The minimum Gasteiger partial charge on any atom is -0.0810 e. The minimum atomic E-state index is 0.804. The second-order valence-electron chi connectivity index (χ2n) is 3.93. The Morgan fingerprint density at radius 3 is 2.73 bits per heavy atom. The van der Waals surface area contributed by atoms with Crippen LogP contribution in [-0.4, -0.2) is 0 Å². The van der Waals surface area contributed by atoms with Crippen LogP contribution in [0.3, 0.4) is 0 Å². The highest BCUT2D eigenvalue weighted by atomic mass is 14.1. The monoisotopic (exact) mass is 150 g/mol. The molecule has 11 heavy (non-hydrogen) atoms. The van der Waals surface area contributed by atoms with Crippen molar-refractivity contribution in [1.82, 2.24) is 0 Å². The Balaban J connectivity index is 2.37. The lowest BCUT2D eigenvalue weighted by Gasteiger charge is -2.16. The Bertz CT molecular complexity index is 172. The average molecular weight is 150 g/mol. The largest absolute Gasteiger partial charge is 0.0810 e. The number of allylic oxidation sites excluding steroid dienone is 4. The Kier molecular flexibility index (Phi) is 2.92. The molecule has 1 atom stereocenters. The van der Waals surface area contributed by atoms with Crippen LogP contribution in [0.2, 0.25) is 0 Å². The van der Waals surface area contributed by atoms with Crippen LogP contribution < -0.4 is 0 Å². The molecule has 0 N–H and O–H groups in total. The predicted molar refractivity (Wildman–Crippen MR) is 50.5 cm³/mol. The third-order valence-corrected chi connectivity index (χ3v) is 2.15. The predicted octanol–water partition coefficient (Wildman–Crippen LogP) is 3.55. The van der Waals surface area contributed by atoms with E-state index >= 15 is 0 Å². The molecule has 0 heterocycles. The van der Waals surface area contributed by atoms with Gasteiger partial charge in [0.1, 0.15) is 0 Å². The maximum absolute atomic E-state index is 2.36. The molecule has 0 fully saturated rings. The van der Waals surface area contributed by atoms with E-state index < -0.39 is 0 Å². The van der Waals surface area contributed by atoms with Gasteiger partial charge in [0.15, 0.2) is 0 Å². The number of hydrogen-bond donors (Lipinski definition) is 0. The zero-order valence-corrected chi connectivity index (χ0v) is 7.80. The molecule has 0 aromatic heterocycles. The summed E-state index contributed by atoms with van der Waals surface area (Å²) in [4.78, 5) is 0. The lowest BCUT2D eigenvalue weighted by molar-refractivity contribution is 0.475. The molecule has 1 aliphatic carbocycles. The molecular formula is C11H18. The van der Waals surface area contributed by atoms with Crippen molar-refractivity contribution in [3.05, 3.63) is 23.8 Å². The second-order valence-corrected chi connectivity index (χ2v) is 3.93. The first kappa shape index (κ1) is 8.58. The van der Waals surface area contributed by atoms with Crippen LogP contribution in [0.5, 0.6) is 0 Å². The maximum Gasteiger partial charge on any atom is -0.0193 e. The van der Waals surface area contributed by atoms with Crippen LogP contribution in [0.4, 0.5) is 0 Å². The molecule has 62 valence electrons. The van der Waals surface area contributed by atoms with Gasteiger partial charge in [-0.25, -0.2) is 0 Å². The van der Waals surface area contributed by atoms with Crippen molar-refractivity contribution in [2.24, 2.45) is 11.8 Å². The van der Waals surface area contributed by atoms with Crippen molar-refractivity contribution in [2.75, 3.05) is 0 Å². The normalized spacial score (nSPS) is 24.0. The molecule has 0 bridgehead atoms. The third kappa shape index (κ3) is 2.92. The maximum atomic E-state index is 2.36. The van der Waals surface area contributed by atoms with Crippen LogP contribution in [0.15, 0.2) is 23.8 Å². The average Bonchev–Trinajstić information content (AvgIpc) is 1.93. The molecule has 0 aromatic rings. The Morgan fingerprint density at radius 1 is 1.55 bits per heavy atom. The van der Waals surface area contributed by atoms with Gasteiger partial charge in [-0.1, -0.05) is 37.6 Å². The SMILES string of the molecule is CC1=CCC(CC(C)C)C=C1. The van der Waals surface area contributed by atoms with Crippen LogP contribution in [0, 0.1) is 11.8 Å². The van der Waals surface area contributed by atoms with Crippen molar-refractivity contribution in [3.63, 3.8) is 0 Å². The highest BCUT2D eigenvalue weighted by molar-refractivity contribution is 5.21. The van der Waals surface area contributed by atoms with Gasteiger partial charge in [0, 0.05) is 0 Å². The fourth-order valence-electron chi connectivity index (χ4n) is 1.55. The highest BCUT2D eigenvalue weighted by Gasteiger charge is 2.08. The molecule has 0 aromatic carbocycles. The minimum absolute atomic E-state index is 0.804. The first-order valence-corrected chi connectivity index (χ1v) is 4.53. The Morgan fingerprint density at radius 2 is 2.27 bits per heavy atom. The third-order valence-electron chi connectivity index (χ3n) is 2.15. The molecule has 1 rings (SSSR count). The number of rotatable bonds is 2. The van der Waals surface area contributed by atoms with Crippen LogP contribution in [0.1, 0.15) is 33.6 Å². The molecular weight excluding hydrogens is 132 g/mol. The van der Waals surface area contributed by atoms with E-state index in [0.29, 0.717) is 0 Å². The Labute approximate surface area is 70.0 Å². The van der Waals surface area contributed by atoms with E-state index in [4.69, 9.17) is 0 Å². The summed E-state index contributed by atoms with van der Waals surface area (Å²) in [5, 5.41) is 0. The van der Waals surface area contributed by atoms with Gasteiger partial charge in [0.25, 0.3) is 0 Å². The molecule has 0 spiro atoms. The van der Waals surface area contributed by atoms with E-state index in [1.54, 1.807) is 0 Å². The summed E-state index contributed by atoms with van der Waals surface area (Å²) in [6.45, 7) is 6.75.